The van der Waals surface area contributed by atoms with E-state index in [0.717, 1.165) is 11.1 Å². The van der Waals surface area contributed by atoms with Gasteiger partial charge in [0.2, 0.25) is 10.0 Å². The van der Waals surface area contributed by atoms with Crippen molar-refractivity contribution in [3.05, 3.63) is 59.2 Å². The molecule has 0 saturated heterocycles. The summed E-state index contributed by atoms with van der Waals surface area (Å²) in [6, 6.07) is 11.6. The lowest BCUT2D eigenvalue weighted by Gasteiger charge is -2.10. The summed E-state index contributed by atoms with van der Waals surface area (Å²) in [5.41, 5.74) is 2.81. The van der Waals surface area contributed by atoms with E-state index in [1.807, 2.05) is 13.0 Å². The maximum absolute atomic E-state index is 12.3. The average Bonchev–Trinajstić information content (AvgIpc) is 2.45. The zero-order chi connectivity index (χ0) is 16.3. The molecule has 3 N–H and O–H groups in total. The maximum atomic E-state index is 12.3. The van der Waals surface area contributed by atoms with Crippen molar-refractivity contribution in [2.45, 2.75) is 25.3 Å². The summed E-state index contributed by atoms with van der Waals surface area (Å²) in [6.45, 7) is 3.81. The molecule has 0 bridgehead atoms. The van der Waals surface area contributed by atoms with E-state index in [2.05, 4.69) is 4.72 Å². The quantitative estimate of drug-likeness (QED) is 0.699. The Kier molecular flexibility index (Phi) is 5.03. The SMILES string of the molecule is Cc1ccc(S(=O)(=O)NCc2ccc(B(O)O)cc2)c(C)c1. The van der Waals surface area contributed by atoms with E-state index in [1.165, 1.54) is 0 Å². The minimum Gasteiger partial charge on any atom is -0.423 e. The van der Waals surface area contributed by atoms with Crippen molar-refractivity contribution in [2.75, 3.05) is 0 Å². The van der Waals surface area contributed by atoms with Crippen LogP contribution >= 0.6 is 0 Å². The van der Waals surface area contributed by atoms with Crippen LogP contribution in [0.3, 0.4) is 0 Å². The van der Waals surface area contributed by atoms with Gasteiger partial charge in [0.25, 0.3) is 0 Å². The van der Waals surface area contributed by atoms with Gasteiger partial charge in [0, 0.05) is 6.54 Å². The molecule has 0 aliphatic heterocycles. The topological polar surface area (TPSA) is 86.6 Å². The lowest BCUT2D eigenvalue weighted by atomic mass is 9.80. The van der Waals surface area contributed by atoms with Crippen LogP contribution < -0.4 is 10.2 Å². The van der Waals surface area contributed by atoms with Gasteiger partial charge in [0.15, 0.2) is 0 Å². The minimum atomic E-state index is -3.58. The Hall–Kier alpha value is -1.67. The van der Waals surface area contributed by atoms with Crippen LogP contribution in [-0.4, -0.2) is 25.6 Å². The maximum Gasteiger partial charge on any atom is 0.488 e. The summed E-state index contributed by atoms with van der Waals surface area (Å²) in [5.74, 6) is 0. The Morgan fingerprint density at radius 3 is 2.23 bits per heavy atom. The molecule has 0 spiro atoms. The number of sulfonamides is 1. The van der Waals surface area contributed by atoms with Crippen LogP contribution in [0.2, 0.25) is 0 Å². The van der Waals surface area contributed by atoms with Crippen molar-refractivity contribution in [3.8, 4) is 0 Å². The van der Waals surface area contributed by atoms with Gasteiger partial charge in [0.05, 0.1) is 4.90 Å². The molecule has 0 unspecified atom stereocenters. The second-order valence-electron chi connectivity index (χ2n) is 5.21. The van der Waals surface area contributed by atoms with Crippen molar-refractivity contribution in [1.29, 1.82) is 0 Å². The second kappa shape index (κ2) is 6.62. The molecule has 22 heavy (non-hydrogen) atoms. The average molecular weight is 319 g/mol. The molecule has 0 aliphatic rings. The molecule has 0 amide bonds. The fourth-order valence-corrected chi connectivity index (χ4v) is 3.41. The Labute approximate surface area is 130 Å². The van der Waals surface area contributed by atoms with E-state index in [9.17, 15) is 8.42 Å². The first kappa shape index (κ1) is 16.7. The van der Waals surface area contributed by atoms with Crippen LogP contribution in [0.1, 0.15) is 16.7 Å². The van der Waals surface area contributed by atoms with Gasteiger partial charge in [-0.3, -0.25) is 0 Å². The van der Waals surface area contributed by atoms with Gasteiger partial charge in [-0.25, -0.2) is 13.1 Å². The van der Waals surface area contributed by atoms with E-state index in [4.69, 9.17) is 10.0 Å². The van der Waals surface area contributed by atoms with E-state index >= 15 is 0 Å². The summed E-state index contributed by atoms with van der Waals surface area (Å²) < 4.78 is 27.2. The monoisotopic (exact) mass is 319 g/mol. The van der Waals surface area contributed by atoms with Crippen LogP contribution in [-0.2, 0) is 16.6 Å². The van der Waals surface area contributed by atoms with Crippen molar-refractivity contribution < 1.29 is 18.5 Å². The van der Waals surface area contributed by atoms with Crippen molar-refractivity contribution in [1.82, 2.24) is 4.72 Å². The van der Waals surface area contributed by atoms with Gasteiger partial charge < -0.3 is 10.0 Å². The predicted molar refractivity (Wildman–Crippen MR) is 86.2 cm³/mol. The van der Waals surface area contributed by atoms with Crippen LogP contribution in [0.4, 0.5) is 0 Å². The predicted octanol–water partition coefficient (Wildman–Crippen LogP) is 0.462. The summed E-state index contributed by atoms with van der Waals surface area (Å²) in [4.78, 5) is 0.264. The molecule has 0 aromatic heterocycles. The number of hydrogen-bond donors (Lipinski definition) is 3. The number of rotatable bonds is 5. The first-order valence-electron chi connectivity index (χ1n) is 6.81. The lowest BCUT2D eigenvalue weighted by molar-refractivity contribution is 0.425. The standard InChI is InChI=1S/C15H18BNO4S/c1-11-3-8-15(12(2)9-11)22(20,21)17-10-13-4-6-14(7-5-13)16(18)19/h3-9,17-19H,10H2,1-2H3. The Balaban J connectivity index is 2.12. The van der Waals surface area contributed by atoms with Crippen molar-refractivity contribution in [3.63, 3.8) is 0 Å². The third-order valence-electron chi connectivity index (χ3n) is 3.36. The highest BCUT2D eigenvalue weighted by molar-refractivity contribution is 7.89. The highest BCUT2D eigenvalue weighted by Gasteiger charge is 2.16. The van der Waals surface area contributed by atoms with Crippen molar-refractivity contribution >= 4 is 22.6 Å². The normalized spacial score (nSPS) is 11.5. The summed E-state index contributed by atoms with van der Waals surface area (Å²) in [5, 5.41) is 18.0. The molecule has 2 rings (SSSR count). The lowest BCUT2D eigenvalue weighted by Crippen LogP contribution is -2.30. The molecule has 116 valence electrons. The van der Waals surface area contributed by atoms with Crippen molar-refractivity contribution in [2.24, 2.45) is 0 Å². The molecule has 0 heterocycles. The Morgan fingerprint density at radius 2 is 1.68 bits per heavy atom. The summed E-state index contributed by atoms with van der Waals surface area (Å²) in [7, 11) is -5.11. The minimum absolute atomic E-state index is 0.136. The third kappa shape index (κ3) is 3.95. The highest BCUT2D eigenvalue weighted by atomic mass is 32.2. The van der Waals surface area contributed by atoms with Gasteiger partial charge in [0.1, 0.15) is 0 Å². The van der Waals surface area contributed by atoms with E-state index in [-0.39, 0.29) is 11.4 Å². The smallest absolute Gasteiger partial charge is 0.423 e. The molecule has 2 aromatic rings. The first-order chi connectivity index (χ1) is 10.3. The van der Waals surface area contributed by atoms with Crippen LogP contribution in [0.15, 0.2) is 47.4 Å². The third-order valence-corrected chi connectivity index (χ3v) is 4.93. The molecule has 2 aromatic carbocycles. The molecule has 0 radical (unpaired) electrons. The van der Waals surface area contributed by atoms with E-state index in [0.29, 0.717) is 11.0 Å². The van der Waals surface area contributed by atoms with Gasteiger partial charge >= 0.3 is 7.12 Å². The summed E-state index contributed by atoms with van der Waals surface area (Å²) >= 11 is 0. The number of benzene rings is 2. The second-order valence-corrected chi connectivity index (χ2v) is 6.94. The number of aryl methyl sites for hydroxylation is 2. The van der Waals surface area contributed by atoms with Crippen LogP contribution in [0.5, 0.6) is 0 Å². The number of nitrogens with one attached hydrogen (secondary N) is 1. The number of hydrogen-bond acceptors (Lipinski definition) is 4. The fourth-order valence-electron chi connectivity index (χ4n) is 2.16. The van der Waals surface area contributed by atoms with Crippen LogP contribution in [0, 0.1) is 13.8 Å². The highest BCUT2D eigenvalue weighted by Crippen LogP contribution is 2.16. The van der Waals surface area contributed by atoms with E-state index < -0.39 is 17.1 Å². The van der Waals surface area contributed by atoms with E-state index in [1.54, 1.807) is 43.3 Å². The fraction of sp³-hybridized carbons (Fsp3) is 0.200. The molecule has 0 atom stereocenters. The molecule has 0 fully saturated rings. The Bertz CT molecular complexity index is 758. The summed E-state index contributed by atoms with van der Waals surface area (Å²) in [6.07, 6.45) is 0. The molecular weight excluding hydrogens is 301 g/mol. The van der Waals surface area contributed by atoms with Gasteiger partial charge in [-0.1, -0.05) is 42.0 Å². The zero-order valence-electron chi connectivity index (χ0n) is 12.4. The van der Waals surface area contributed by atoms with Crippen LogP contribution in [0.25, 0.3) is 0 Å². The van der Waals surface area contributed by atoms with Gasteiger partial charge in [-0.2, -0.15) is 0 Å². The molecule has 0 saturated carbocycles. The molecule has 0 aliphatic carbocycles. The first-order valence-corrected chi connectivity index (χ1v) is 8.30. The molecular formula is C15H18BNO4S. The van der Waals surface area contributed by atoms with Gasteiger partial charge in [-0.05, 0) is 36.5 Å². The molecule has 5 nitrogen and oxygen atoms in total. The molecule has 7 heteroatoms. The Morgan fingerprint density at radius 1 is 1.05 bits per heavy atom. The largest absolute Gasteiger partial charge is 0.488 e. The van der Waals surface area contributed by atoms with Gasteiger partial charge in [-0.15, -0.1) is 0 Å². The zero-order valence-corrected chi connectivity index (χ0v) is 13.3.